The molecule has 1 unspecified atom stereocenters. The number of likely N-dealkylation sites (tertiary alicyclic amines) is 1. The number of piperidine rings is 1. The molecular formula is C20H24FN5O4S. The summed E-state index contributed by atoms with van der Waals surface area (Å²) in [7, 11) is -3.68. The molecule has 1 fully saturated rings. The molecule has 0 bridgehead atoms. The average Bonchev–Trinajstić information content (AvgIpc) is 2.70. The van der Waals surface area contributed by atoms with Gasteiger partial charge in [-0.25, -0.2) is 17.8 Å². The number of aromatic nitrogens is 2. The molecule has 0 radical (unpaired) electrons. The van der Waals surface area contributed by atoms with E-state index in [1.807, 2.05) is 0 Å². The fourth-order valence-corrected chi connectivity index (χ4v) is 4.13. The largest absolute Gasteiger partial charge is 0.330 e. The Balaban J connectivity index is 1.88. The van der Waals surface area contributed by atoms with Crippen molar-refractivity contribution in [2.45, 2.75) is 38.6 Å². The number of amides is 1. The van der Waals surface area contributed by atoms with E-state index in [4.69, 9.17) is 5.41 Å². The molecule has 2 aromatic rings. The fourth-order valence-electron chi connectivity index (χ4n) is 3.56. The molecular weight excluding hydrogens is 425 g/mol. The number of carbonyl (C=O) groups is 1. The van der Waals surface area contributed by atoms with Gasteiger partial charge in [0.25, 0.3) is 11.5 Å². The molecule has 0 aliphatic carbocycles. The Morgan fingerprint density at radius 2 is 2.13 bits per heavy atom. The third-order valence-corrected chi connectivity index (χ3v) is 5.65. The number of aryl methyl sites for hydroxylation is 1. The Morgan fingerprint density at radius 3 is 2.81 bits per heavy atom. The topological polar surface area (TPSA) is 136 Å². The minimum atomic E-state index is -3.68. The van der Waals surface area contributed by atoms with Gasteiger partial charge in [0, 0.05) is 30.4 Å². The first kappa shape index (κ1) is 22.6. The summed E-state index contributed by atoms with van der Waals surface area (Å²) in [6.45, 7) is 1.97. The second-order valence-corrected chi connectivity index (χ2v) is 9.37. The first-order chi connectivity index (χ1) is 14.5. The third-order valence-electron chi connectivity index (χ3n) is 5.06. The summed E-state index contributed by atoms with van der Waals surface area (Å²) in [4.78, 5) is 33.3. The summed E-state index contributed by atoms with van der Waals surface area (Å²) in [6.07, 6.45) is 4.47. The molecule has 1 aromatic heterocycles. The van der Waals surface area contributed by atoms with Crippen LogP contribution in [0.1, 0.15) is 41.0 Å². The molecule has 1 saturated heterocycles. The zero-order chi connectivity index (χ0) is 22.8. The summed E-state index contributed by atoms with van der Waals surface area (Å²) >= 11 is 0. The molecule has 1 amide bonds. The van der Waals surface area contributed by atoms with Crippen molar-refractivity contribution in [2.75, 3.05) is 17.5 Å². The van der Waals surface area contributed by atoms with Crippen LogP contribution >= 0.6 is 0 Å². The lowest BCUT2D eigenvalue weighted by Gasteiger charge is -2.36. The third kappa shape index (κ3) is 5.54. The fraction of sp³-hybridized carbons (Fsp3) is 0.400. The number of anilines is 1. The van der Waals surface area contributed by atoms with Crippen LogP contribution < -0.4 is 10.3 Å². The molecule has 0 spiro atoms. The number of hydrogen-bond acceptors (Lipinski definition) is 6. The molecule has 31 heavy (non-hydrogen) atoms. The lowest BCUT2D eigenvalue weighted by molar-refractivity contribution is 0.0679. The van der Waals surface area contributed by atoms with Gasteiger partial charge < -0.3 is 15.3 Å². The van der Waals surface area contributed by atoms with Crippen LogP contribution in [0.2, 0.25) is 0 Å². The summed E-state index contributed by atoms with van der Waals surface area (Å²) in [6, 6.07) is 2.69. The molecule has 3 rings (SSSR count). The minimum Gasteiger partial charge on any atom is -0.330 e. The van der Waals surface area contributed by atoms with E-state index in [0.29, 0.717) is 30.8 Å². The summed E-state index contributed by atoms with van der Waals surface area (Å²) in [5, 5.41) is 8.53. The van der Waals surface area contributed by atoms with Gasteiger partial charge in [0.05, 0.1) is 23.5 Å². The Morgan fingerprint density at radius 1 is 1.39 bits per heavy atom. The first-order valence-electron chi connectivity index (χ1n) is 9.75. The Hall–Kier alpha value is -3.08. The number of hydrogen-bond donors (Lipinski definition) is 3. The highest BCUT2D eigenvalue weighted by molar-refractivity contribution is 7.92. The minimum absolute atomic E-state index is 0.0192. The lowest BCUT2D eigenvalue weighted by Crippen LogP contribution is -2.48. The van der Waals surface area contributed by atoms with E-state index in [9.17, 15) is 22.4 Å². The maximum Gasteiger partial charge on any atom is 0.256 e. The molecule has 1 aliphatic heterocycles. The lowest BCUT2D eigenvalue weighted by atomic mass is 9.94. The monoisotopic (exact) mass is 449 g/mol. The standard InChI is InChI=1S/C20H24FN5O4S/c1-12-11-23-18(24-19(12)27)10-15(22)17-5-3-4-8-26(17)20(28)14-9-13(21)6-7-16(14)25-31(2,29)30/h6-7,9,11,17,22,25H,3-5,8,10H2,1-2H3,(H,23,24,27). The first-order valence-corrected chi connectivity index (χ1v) is 11.6. The number of carbonyl (C=O) groups excluding carboxylic acids is 1. The van der Waals surface area contributed by atoms with E-state index in [1.165, 1.54) is 17.2 Å². The SMILES string of the molecule is Cc1cnc(CC(=N)C2CCCCN2C(=O)c2cc(F)ccc2NS(C)(=O)=O)[nH]c1=O. The summed E-state index contributed by atoms with van der Waals surface area (Å²) < 4.78 is 39.5. The molecule has 11 heteroatoms. The van der Waals surface area contributed by atoms with Gasteiger partial charge in [-0.05, 0) is 44.4 Å². The zero-order valence-electron chi connectivity index (χ0n) is 17.2. The van der Waals surface area contributed by atoms with Crippen LogP contribution in [-0.2, 0) is 16.4 Å². The molecule has 1 atom stereocenters. The van der Waals surface area contributed by atoms with Crippen LogP contribution in [-0.4, -0.2) is 53.7 Å². The van der Waals surface area contributed by atoms with Gasteiger partial charge in [-0.1, -0.05) is 0 Å². The quantitative estimate of drug-likeness (QED) is 0.578. The number of sulfonamides is 1. The van der Waals surface area contributed by atoms with E-state index in [1.54, 1.807) is 6.92 Å². The van der Waals surface area contributed by atoms with Crippen molar-refractivity contribution in [3.05, 3.63) is 57.5 Å². The summed E-state index contributed by atoms with van der Waals surface area (Å²) in [5.74, 6) is -0.915. The summed E-state index contributed by atoms with van der Waals surface area (Å²) in [5.41, 5.74) is 0.225. The smallest absolute Gasteiger partial charge is 0.256 e. The highest BCUT2D eigenvalue weighted by Crippen LogP contribution is 2.26. The number of nitrogens with zero attached hydrogens (tertiary/aromatic N) is 2. The molecule has 1 aromatic carbocycles. The number of aromatic amines is 1. The Kier molecular flexibility index (Phi) is 6.54. The van der Waals surface area contributed by atoms with Crippen molar-refractivity contribution < 1.29 is 17.6 Å². The molecule has 166 valence electrons. The van der Waals surface area contributed by atoms with Gasteiger partial charge in [-0.3, -0.25) is 14.3 Å². The number of halogens is 1. The van der Waals surface area contributed by atoms with E-state index in [-0.39, 0.29) is 28.9 Å². The molecule has 0 saturated carbocycles. The van der Waals surface area contributed by atoms with E-state index < -0.39 is 27.8 Å². The Bertz CT molecular complexity index is 1180. The number of nitrogens with one attached hydrogen (secondary N) is 3. The molecule has 9 nitrogen and oxygen atoms in total. The predicted octanol–water partition coefficient (Wildman–Crippen LogP) is 1.85. The van der Waals surface area contributed by atoms with Gasteiger partial charge >= 0.3 is 0 Å². The number of H-pyrrole nitrogens is 1. The van der Waals surface area contributed by atoms with E-state index in [0.717, 1.165) is 24.8 Å². The van der Waals surface area contributed by atoms with Gasteiger partial charge in [0.2, 0.25) is 10.0 Å². The van der Waals surface area contributed by atoms with Crippen molar-refractivity contribution in [2.24, 2.45) is 0 Å². The average molecular weight is 450 g/mol. The van der Waals surface area contributed by atoms with Crippen molar-refractivity contribution in [1.82, 2.24) is 14.9 Å². The number of rotatable bonds is 6. The van der Waals surface area contributed by atoms with Crippen molar-refractivity contribution in [1.29, 1.82) is 5.41 Å². The predicted molar refractivity (Wildman–Crippen MR) is 115 cm³/mol. The Labute approximate surface area is 179 Å². The van der Waals surface area contributed by atoms with Gasteiger partial charge in [0.15, 0.2) is 0 Å². The molecule has 3 N–H and O–H groups in total. The van der Waals surface area contributed by atoms with Gasteiger partial charge in [-0.15, -0.1) is 0 Å². The van der Waals surface area contributed by atoms with E-state index in [2.05, 4.69) is 14.7 Å². The van der Waals surface area contributed by atoms with Crippen molar-refractivity contribution in [3.63, 3.8) is 0 Å². The number of benzene rings is 1. The van der Waals surface area contributed by atoms with Crippen molar-refractivity contribution in [3.8, 4) is 0 Å². The second-order valence-electron chi connectivity index (χ2n) is 7.62. The van der Waals surface area contributed by atoms with Crippen LogP contribution in [0.3, 0.4) is 0 Å². The van der Waals surface area contributed by atoms with Crippen molar-refractivity contribution >= 4 is 27.3 Å². The van der Waals surface area contributed by atoms with Crippen LogP contribution in [0, 0.1) is 18.2 Å². The van der Waals surface area contributed by atoms with E-state index >= 15 is 0 Å². The van der Waals surface area contributed by atoms with Gasteiger partial charge in [-0.2, -0.15) is 0 Å². The van der Waals surface area contributed by atoms with Crippen LogP contribution in [0.4, 0.5) is 10.1 Å². The molecule has 2 heterocycles. The van der Waals surface area contributed by atoms with Crippen LogP contribution in [0.5, 0.6) is 0 Å². The zero-order valence-corrected chi connectivity index (χ0v) is 18.1. The van der Waals surface area contributed by atoms with Gasteiger partial charge in [0.1, 0.15) is 11.6 Å². The highest BCUT2D eigenvalue weighted by atomic mass is 32.2. The maximum absolute atomic E-state index is 13.9. The maximum atomic E-state index is 13.9. The van der Waals surface area contributed by atoms with Crippen LogP contribution in [0.15, 0.2) is 29.2 Å². The molecule has 1 aliphatic rings. The highest BCUT2D eigenvalue weighted by Gasteiger charge is 2.32. The van der Waals surface area contributed by atoms with Crippen LogP contribution in [0.25, 0.3) is 0 Å². The second kappa shape index (κ2) is 8.96. The normalized spacial score (nSPS) is 16.7.